The zero-order chi connectivity index (χ0) is 22.9. The number of aromatic nitrogens is 1. The molecule has 166 valence electrons. The number of pyridine rings is 1. The minimum Gasteiger partial charge on any atom is -0.382 e. The van der Waals surface area contributed by atoms with Crippen molar-refractivity contribution < 1.29 is 9.53 Å². The summed E-state index contributed by atoms with van der Waals surface area (Å²) < 4.78 is 5.48. The molecule has 0 saturated carbocycles. The normalized spacial score (nSPS) is 13.9. The average molecular weight is 438 g/mol. The molecule has 5 rings (SSSR count). The summed E-state index contributed by atoms with van der Waals surface area (Å²) in [4.78, 5) is 20.3. The van der Waals surface area contributed by atoms with Crippen molar-refractivity contribution in [3.8, 4) is 11.1 Å². The van der Waals surface area contributed by atoms with Crippen molar-refractivity contribution in [3.05, 3.63) is 89.0 Å². The second kappa shape index (κ2) is 8.68. The zero-order valence-corrected chi connectivity index (χ0v) is 19.0. The van der Waals surface area contributed by atoms with E-state index in [0.29, 0.717) is 30.2 Å². The van der Waals surface area contributed by atoms with Crippen LogP contribution in [0.1, 0.15) is 27.0 Å². The fourth-order valence-corrected chi connectivity index (χ4v) is 4.58. The molecule has 1 fully saturated rings. The molecule has 2 heterocycles. The number of nitrogen functional groups attached to an aromatic ring is 1. The van der Waals surface area contributed by atoms with Gasteiger partial charge >= 0.3 is 0 Å². The number of hydrogen-bond acceptors (Lipinski definition) is 5. The largest absolute Gasteiger partial charge is 0.382 e. The summed E-state index contributed by atoms with van der Waals surface area (Å²) in [6.07, 6.45) is 0. The minimum absolute atomic E-state index is 0.0296. The van der Waals surface area contributed by atoms with Gasteiger partial charge in [-0.05, 0) is 54.8 Å². The number of nitrogens with two attached hydrogens (primary N) is 1. The van der Waals surface area contributed by atoms with Crippen molar-refractivity contribution in [3.63, 3.8) is 0 Å². The van der Waals surface area contributed by atoms with E-state index in [1.807, 2.05) is 68.4 Å². The molecule has 3 aromatic carbocycles. The number of morpholine rings is 1. The molecule has 0 bridgehead atoms. The Balaban J connectivity index is 1.62. The number of rotatable bonds is 4. The lowest BCUT2D eigenvalue weighted by Crippen LogP contribution is -2.36. The van der Waals surface area contributed by atoms with Crippen LogP contribution >= 0.6 is 0 Å². The van der Waals surface area contributed by atoms with Crippen molar-refractivity contribution >= 4 is 28.2 Å². The number of carbonyl (C=O) groups excluding carboxylic acids is 1. The monoisotopic (exact) mass is 437 g/mol. The van der Waals surface area contributed by atoms with Gasteiger partial charge in [0.15, 0.2) is 5.78 Å². The van der Waals surface area contributed by atoms with Gasteiger partial charge in [0.2, 0.25) is 0 Å². The van der Waals surface area contributed by atoms with Gasteiger partial charge in [-0.25, -0.2) is 4.98 Å². The van der Waals surface area contributed by atoms with E-state index >= 15 is 0 Å². The molecule has 1 aromatic heterocycles. The average Bonchev–Trinajstić information content (AvgIpc) is 2.83. The van der Waals surface area contributed by atoms with Crippen LogP contribution < -0.4 is 10.6 Å². The van der Waals surface area contributed by atoms with Crippen LogP contribution in [0.5, 0.6) is 0 Å². The smallest absolute Gasteiger partial charge is 0.193 e. The van der Waals surface area contributed by atoms with Crippen LogP contribution in [0.2, 0.25) is 0 Å². The summed E-state index contributed by atoms with van der Waals surface area (Å²) >= 11 is 0. The van der Waals surface area contributed by atoms with E-state index in [-0.39, 0.29) is 5.78 Å². The number of hydrogen-bond donors (Lipinski definition) is 1. The molecule has 0 unspecified atom stereocenters. The van der Waals surface area contributed by atoms with E-state index in [1.54, 1.807) is 0 Å². The van der Waals surface area contributed by atoms with Gasteiger partial charge < -0.3 is 15.4 Å². The summed E-state index contributed by atoms with van der Waals surface area (Å²) in [5, 5.41) is 1.00. The first-order chi connectivity index (χ1) is 16.0. The maximum atomic E-state index is 13.5. The highest BCUT2D eigenvalue weighted by molar-refractivity contribution is 6.13. The number of ether oxygens (including phenoxy) is 1. The third-order valence-corrected chi connectivity index (χ3v) is 6.26. The molecule has 0 atom stereocenters. The van der Waals surface area contributed by atoms with E-state index in [1.165, 1.54) is 0 Å². The number of ketones is 1. The lowest BCUT2D eigenvalue weighted by atomic mass is 9.90. The van der Waals surface area contributed by atoms with Crippen LogP contribution in [-0.4, -0.2) is 37.1 Å². The summed E-state index contributed by atoms with van der Waals surface area (Å²) in [6.45, 7) is 7.01. The number of carbonyl (C=O) groups is 1. The van der Waals surface area contributed by atoms with E-state index in [9.17, 15) is 4.79 Å². The zero-order valence-electron chi connectivity index (χ0n) is 19.0. The Morgan fingerprint density at radius 1 is 0.970 bits per heavy atom. The van der Waals surface area contributed by atoms with Crippen molar-refractivity contribution in [2.24, 2.45) is 0 Å². The van der Waals surface area contributed by atoms with Gasteiger partial charge in [-0.15, -0.1) is 0 Å². The maximum absolute atomic E-state index is 13.5. The Kier molecular flexibility index (Phi) is 5.56. The summed E-state index contributed by atoms with van der Waals surface area (Å²) in [5.74, 6) is 0.560. The van der Waals surface area contributed by atoms with Crippen molar-refractivity contribution in [1.29, 1.82) is 0 Å². The van der Waals surface area contributed by atoms with Gasteiger partial charge in [-0.3, -0.25) is 4.79 Å². The number of benzene rings is 3. The quantitative estimate of drug-likeness (QED) is 0.446. The van der Waals surface area contributed by atoms with Gasteiger partial charge in [0.05, 0.1) is 24.4 Å². The SMILES string of the molecule is Cc1cccc(C(=O)c2cccc(C)c2-c2ccc3nc(N)c(N4CCOCC4)cc3c2)c1. The van der Waals surface area contributed by atoms with Gasteiger partial charge in [0.1, 0.15) is 5.82 Å². The first kappa shape index (κ1) is 21.2. The minimum atomic E-state index is 0.0296. The molecular formula is C28H27N3O2. The van der Waals surface area contributed by atoms with Gasteiger partial charge in [-0.1, -0.05) is 48.0 Å². The number of nitrogens with zero attached hydrogens (tertiary/aromatic N) is 2. The first-order valence-corrected chi connectivity index (χ1v) is 11.3. The number of aryl methyl sites for hydroxylation is 2. The maximum Gasteiger partial charge on any atom is 0.193 e. The van der Waals surface area contributed by atoms with Crippen molar-refractivity contribution in [1.82, 2.24) is 4.98 Å². The van der Waals surface area contributed by atoms with Crippen LogP contribution in [0.3, 0.4) is 0 Å². The predicted molar refractivity (Wildman–Crippen MR) is 134 cm³/mol. The molecule has 0 radical (unpaired) electrons. The fourth-order valence-electron chi connectivity index (χ4n) is 4.58. The lowest BCUT2D eigenvalue weighted by Gasteiger charge is -2.29. The van der Waals surface area contributed by atoms with Gasteiger partial charge in [-0.2, -0.15) is 0 Å². The van der Waals surface area contributed by atoms with Crippen molar-refractivity contribution in [2.75, 3.05) is 36.9 Å². The number of anilines is 2. The Morgan fingerprint density at radius 3 is 2.55 bits per heavy atom. The summed E-state index contributed by atoms with van der Waals surface area (Å²) in [7, 11) is 0. The van der Waals surface area contributed by atoms with Crippen LogP contribution in [0.4, 0.5) is 11.5 Å². The standard InChI is InChI=1S/C28H27N3O2/c1-18-5-3-7-21(15-18)27(32)23-8-4-6-19(2)26(23)20-9-10-24-22(16-20)17-25(28(29)30-24)31-11-13-33-14-12-31/h3-10,15-17H,11-14H2,1-2H3,(H2,29,30). The predicted octanol–water partition coefficient (Wildman–Crippen LogP) is 5.17. The summed E-state index contributed by atoms with van der Waals surface area (Å²) in [6, 6.07) is 21.9. The molecule has 0 spiro atoms. The lowest BCUT2D eigenvalue weighted by molar-refractivity contribution is 0.103. The third kappa shape index (κ3) is 4.08. The summed E-state index contributed by atoms with van der Waals surface area (Å²) in [5.41, 5.74) is 13.6. The molecule has 5 heteroatoms. The van der Waals surface area contributed by atoms with E-state index in [2.05, 4.69) is 22.0 Å². The molecule has 1 saturated heterocycles. The molecule has 5 nitrogen and oxygen atoms in total. The third-order valence-electron chi connectivity index (χ3n) is 6.26. The second-order valence-electron chi connectivity index (χ2n) is 8.60. The fraction of sp³-hybridized carbons (Fsp3) is 0.214. The van der Waals surface area contributed by atoms with Crippen molar-refractivity contribution in [2.45, 2.75) is 13.8 Å². The Bertz CT molecular complexity index is 1360. The highest BCUT2D eigenvalue weighted by Gasteiger charge is 2.19. The highest BCUT2D eigenvalue weighted by Crippen LogP contribution is 2.34. The van der Waals surface area contributed by atoms with E-state index in [4.69, 9.17) is 10.5 Å². The van der Waals surface area contributed by atoms with E-state index < -0.39 is 0 Å². The van der Waals surface area contributed by atoms with Gasteiger partial charge in [0.25, 0.3) is 0 Å². The van der Waals surface area contributed by atoms with Crippen LogP contribution in [0.15, 0.2) is 66.7 Å². The molecule has 1 aliphatic heterocycles. The van der Waals surface area contributed by atoms with E-state index in [0.717, 1.165) is 51.9 Å². The molecule has 0 aliphatic carbocycles. The second-order valence-corrected chi connectivity index (χ2v) is 8.60. The van der Waals surface area contributed by atoms with Crippen LogP contribution in [0, 0.1) is 13.8 Å². The Labute approximate surface area is 193 Å². The first-order valence-electron chi connectivity index (χ1n) is 11.3. The Hall–Kier alpha value is -3.70. The van der Waals surface area contributed by atoms with Crippen LogP contribution in [-0.2, 0) is 4.74 Å². The Morgan fingerprint density at radius 2 is 1.76 bits per heavy atom. The molecular weight excluding hydrogens is 410 g/mol. The molecule has 4 aromatic rings. The number of fused-ring (bicyclic) bond motifs is 1. The topological polar surface area (TPSA) is 68.5 Å². The molecule has 1 aliphatic rings. The van der Waals surface area contributed by atoms with Crippen LogP contribution in [0.25, 0.3) is 22.0 Å². The van der Waals surface area contributed by atoms with Gasteiger partial charge in [0, 0.05) is 29.6 Å². The molecule has 33 heavy (non-hydrogen) atoms. The highest BCUT2D eigenvalue weighted by atomic mass is 16.5. The molecule has 0 amide bonds. The molecule has 2 N–H and O–H groups in total.